The first kappa shape index (κ1) is 41.8. The van der Waals surface area contributed by atoms with Crippen LogP contribution in [0.25, 0.3) is 0 Å². The molecule has 0 unspecified atom stereocenters. The number of terminal acetylenes is 3. The van der Waals surface area contributed by atoms with Gasteiger partial charge in [0.1, 0.15) is 0 Å². The third kappa shape index (κ3) is 12.3. The van der Waals surface area contributed by atoms with Crippen LogP contribution in [0.1, 0.15) is 103 Å². The third-order valence-electron chi connectivity index (χ3n) is 7.22. The second-order valence-corrected chi connectivity index (χ2v) is 10.7. The minimum Gasteiger partial charge on any atom is -0.465 e. The SMILES string of the molecule is C#CCC(CC#C)(C(=O)OCC)C(=O)OCC.C#CCCCC.CCCCc1ccc2c(c1)CC(C(=O)OCC)(C(=O)OCC)C2. The lowest BCUT2D eigenvalue weighted by Gasteiger charge is -2.25. The van der Waals surface area contributed by atoms with Gasteiger partial charge in [0.2, 0.25) is 0 Å². The van der Waals surface area contributed by atoms with Gasteiger partial charge < -0.3 is 18.9 Å². The smallest absolute Gasteiger partial charge is 0.325 e. The summed E-state index contributed by atoms with van der Waals surface area (Å²) in [7, 11) is 0. The normalized spacial score (nSPS) is 12.2. The van der Waals surface area contributed by atoms with E-state index >= 15 is 0 Å². The first-order chi connectivity index (χ1) is 22.1. The lowest BCUT2D eigenvalue weighted by Crippen LogP contribution is -2.43. The monoisotopic (exact) mass is 636 g/mol. The van der Waals surface area contributed by atoms with Crippen LogP contribution < -0.4 is 0 Å². The van der Waals surface area contributed by atoms with E-state index in [4.69, 9.17) is 38.2 Å². The predicted molar refractivity (Wildman–Crippen MR) is 179 cm³/mol. The van der Waals surface area contributed by atoms with Crippen molar-refractivity contribution in [1.29, 1.82) is 0 Å². The molecule has 0 radical (unpaired) electrons. The Morgan fingerprint density at radius 1 is 0.696 bits per heavy atom. The van der Waals surface area contributed by atoms with E-state index in [0.29, 0.717) is 12.8 Å². The number of benzene rings is 1. The molecular weight excluding hydrogens is 584 g/mol. The molecule has 8 heteroatoms. The van der Waals surface area contributed by atoms with Crippen LogP contribution in [0.2, 0.25) is 0 Å². The van der Waals surface area contributed by atoms with Gasteiger partial charge in [-0.2, -0.15) is 0 Å². The Labute approximate surface area is 276 Å². The van der Waals surface area contributed by atoms with Gasteiger partial charge in [-0.05, 0) is 76.5 Å². The van der Waals surface area contributed by atoms with E-state index in [1.807, 2.05) is 6.07 Å². The summed E-state index contributed by atoms with van der Waals surface area (Å²) in [6.45, 7) is 11.9. The maximum atomic E-state index is 12.5. The lowest BCUT2D eigenvalue weighted by atomic mass is 9.81. The van der Waals surface area contributed by atoms with Crippen LogP contribution in [-0.4, -0.2) is 50.3 Å². The number of carbonyl (C=O) groups excluding carboxylic acids is 4. The van der Waals surface area contributed by atoms with Crippen molar-refractivity contribution in [3.63, 3.8) is 0 Å². The molecule has 0 heterocycles. The van der Waals surface area contributed by atoms with E-state index in [2.05, 4.69) is 43.7 Å². The van der Waals surface area contributed by atoms with Crippen molar-refractivity contribution >= 4 is 23.9 Å². The second kappa shape index (κ2) is 23.2. The van der Waals surface area contributed by atoms with Crippen LogP contribution in [0.15, 0.2) is 18.2 Å². The summed E-state index contributed by atoms with van der Waals surface area (Å²) in [6, 6.07) is 6.27. The summed E-state index contributed by atoms with van der Waals surface area (Å²) in [5.74, 6) is 4.73. The van der Waals surface area contributed by atoms with Gasteiger partial charge in [-0.3, -0.25) is 19.2 Å². The van der Waals surface area contributed by atoms with Crippen LogP contribution in [-0.2, 0) is 57.4 Å². The van der Waals surface area contributed by atoms with Crippen molar-refractivity contribution in [2.75, 3.05) is 26.4 Å². The highest BCUT2D eigenvalue weighted by molar-refractivity contribution is 6.02. The van der Waals surface area contributed by atoms with Crippen molar-refractivity contribution < 1.29 is 38.1 Å². The number of unbranched alkanes of at least 4 members (excludes halogenated alkanes) is 3. The molecule has 1 aromatic rings. The van der Waals surface area contributed by atoms with Crippen LogP contribution in [0.4, 0.5) is 0 Å². The number of rotatable bonds is 15. The molecular formula is C38H52O8. The third-order valence-corrected chi connectivity index (χ3v) is 7.22. The fourth-order valence-electron chi connectivity index (χ4n) is 4.78. The summed E-state index contributed by atoms with van der Waals surface area (Å²) in [5, 5.41) is 0. The molecule has 46 heavy (non-hydrogen) atoms. The van der Waals surface area contributed by atoms with Gasteiger partial charge in [0.25, 0.3) is 0 Å². The van der Waals surface area contributed by atoms with Crippen molar-refractivity contribution in [1.82, 2.24) is 0 Å². The van der Waals surface area contributed by atoms with E-state index in [1.54, 1.807) is 27.7 Å². The first-order valence-corrected chi connectivity index (χ1v) is 16.2. The highest BCUT2D eigenvalue weighted by Crippen LogP contribution is 2.40. The zero-order valence-corrected chi connectivity index (χ0v) is 28.6. The number of esters is 4. The van der Waals surface area contributed by atoms with Crippen molar-refractivity contribution in [2.45, 2.75) is 106 Å². The summed E-state index contributed by atoms with van der Waals surface area (Å²) in [6.07, 6.45) is 22.4. The molecule has 8 nitrogen and oxygen atoms in total. The van der Waals surface area contributed by atoms with E-state index in [0.717, 1.165) is 36.8 Å². The number of ether oxygens (including phenoxy) is 4. The molecule has 2 rings (SSSR count). The Kier molecular flexibility index (Phi) is 21.0. The molecule has 0 amide bonds. The van der Waals surface area contributed by atoms with Crippen LogP contribution in [0.5, 0.6) is 0 Å². The minimum atomic E-state index is -1.57. The van der Waals surface area contributed by atoms with Gasteiger partial charge in [0.15, 0.2) is 10.8 Å². The largest absolute Gasteiger partial charge is 0.465 e. The maximum absolute atomic E-state index is 12.5. The summed E-state index contributed by atoms with van der Waals surface area (Å²) < 4.78 is 20.1. The van der Waals surface area contributed by atoms with Crippen molar-refractivity contribution in [2.24, 2.45) is 10.8 Å². The molecule has 0 aromatic heterocycles. The molecule has 252 valence electrons. The van der Waals surface area contributed by atoms with E-state index < -0.39 is 34.7 Å². The van der Waals surface area contributed by atoms with Crippen LogP contribution >= 0.6 is 0 Å². The second-order valence-electron chi connectivity index (χ2n) is 10.7. The predicted octanol–water partition coefficient (Wildman–Crippen LogP) is 6.20. The molecule has 0 fully saturated rings. The Balaban J connectivity index is 0.000000774. The average molecular weight is 637 g/mol. The number of fused-ring (bicyclic) bond motifs is 1. The minimum absolute atomic E-state index is 0.130. The van der Waals surface area contributed by atoms with Gasteiger partial charge in [-0.1, -0.05) is 44.9 Å². The Morgan fingerprint density at radius 3 is 1.57 bits per heavy atom. The van der Waals surface area contributed by atoms with E-state index in [9.17, 15) is 19.2 Å². The van der Waals surface area contributed by atoms with Gasteiger partial charge >= 0.3 is 23.9 Å². The molecule has 1 aliphatic rings. The van der Waals surface area contributed by atoms with E-state index in [-0.39, 0.29) is 39.3 Å². The molecule has 0 N–H and O–H groups in total. The molecule has 0 spiro atoms. The van der Waals surface area contributed by atoms with Crippen molar-refractivity contribution in [3.8, 4) is 37.0 Å². The number of hydrogen-bond acceptors (Lipinski definition) is 8. The highest BCUT2D eigenvalue weighted by atomic mass is 16.6. The maximum Gasteiger partial charge on any atom is 0.325 e. The molecule has 1 aliphatic carbocycles. The average Bonchev–Trinajstić information content (AvgIpc) is 3.44. The van der Waals surface area contributed by atoms with E-state index in [1.165, 1.54) is 18.4 Å². The number of hydrogen-bond donors (Lipinski definition) is 0. The quantitative estimate of drug-likeness (QED) is 0.0738. The molecule has 0 saturated heterocycles. The van der Waals surface area contributed by atoms with Gasteiger partial charge in [0, 0.05) is 19.3 Å². The highest BCUT2D eigenvalue weighted by Gasteiger charge is 2.53. The summed E-state index contributed by atoms with van der Waals surface area (Å²) >= 11 is 0. The summed E-state index contributed by atoms with van der Waals surface area (Å²) in [4.78, 5) is 48.7. The molecule has 1 aromatic carbocycles. The Bertz CT molecular complexity index is 1190. The Hall–Kier alpha value is -4.22. The van der Waals surface area contributed by atoms with Crippen LogP contribution in [0, 0.1) is 47.9 Å². The topological polar surface area (TPSA) is 105 Å². The fourth-order valence-corrected chi connectivity index (χ4v) is 4.78. The molecule has 0 saturated carbocycles. The lowest BCUT2D eigenvalue weighted by molar-refractivity contribution is -0.173. The summed E-state index contributed by atoms with van der Waals surface area (Å²) in [5.41, 5.74) is 0.591. The number of aryl methyl sites for hydroxylation is 1. The number of carbonyl (C=O) groups is 4. The zero-order valence-electron chi connectivity index (χ0n) is 28.6. The standard InChI is InChI=1S/C19H26O4.C13H16O4.C6H10/c1-4-7-8-14-9-10-15-12-19(13-16(15)11-14,17(20)22-5-2)18(21)23-6-3;1-5-9-13(10-6-2,11(14)16-7-3)12(15)17-8-4;1-3-5-6-4-2/h9-11H,4-8,12-13H2,1-3H3;1-2H,7-10H2,3-4H3;1H,4-6H2,2H3. The van der Waals surface area contributed by atoms with Gasteiger partial charge in [-0.25, -0.2) is 0 Å². The van der Waals surface area contributed by atoms with Crippen LogP contribution in [0.3, 0.4) is 0 Å². The first-order valence-electron chi connectivity index (χ1n) is 16.2. The molecule has 0 bridgehead atoms. The van der Waals surface area contributed by atoms with Gasteiger partial charge in [-0.15, -0.1) is 37.0 Å². The van der Waals surface area contributed by atoms with Crippen molar-refractivity contribution in [3.05, 3.63) is 34.9 Å². The zero-order chi connectivity index (χ0) is 35.0. The fraction of sp³-hybridized carbons (Fsp3) is 0.579. The molecule has 0 aliphatic heterocycles. The molecule has 0 atom stereocenters. The van der Waals surface area contributed by atoms with Gasteiger partial charge in [0.05, 0.1) is 26.4 Å². The Morgan fingerprint density at radius 2 is 1.17 bits per heavy atom.